The molecule has 2 aromatic rings. The van der Waals surface area contributed by atoms with E-state index in [4.69, 9.17) is 0 Å². The molecule has 0 aliphatic heterocycles. The molecule has 1 N–H and O–H groups in total. The summed E-state index contributed by atoms with van der Waals surface area (Å²) in [4.78, 5) is 14.9. The Hall–Kier alpha value is -1.16. The van der Waals surface area contributed by atoms with Crippen LogP contribution in [0.5, 0.6) is 0 Å². The Morgan fingerprint density at radius 1 is 1.33 bits per heavy atom. The summed E-state index contributed by atoms with van der Waals surface area (Å²) in [5, 5.41) is 0.506. The highest BCUT2D eigenvalue weighted by Crippen LogP contribution is 2.20. The summed E-state index contributed by atoms with van der Waals surface area (Å²) in [6.45, 7) is 3.56. The van der Waals surface area contributed by atoms with E-state index in [1.807, 2.05) is 0 Å². The fourth-order valence-electron chi connectivity index (χ4n) is 1.51. The first kappa shape index (κ1) is 10.4. The van der Waals surface area contributed by atoms with Gasteiger partial charge in [-0.1, -0.05) is 0 Å². The van der Waals surface area contributed by atoms with Gasteiger partial charge in [-0.2, -0.15) is 0 Å². The SMILES string of the molecule is Cc1[nH]c2cc(F)c(Br)cc2c(=O)c1C. The fraction of sp³-hybridized carbons (Fsp3) is 0.182. The second-order valence-corrected chi connectivity index (χ2v) is 4.37. The molecule has 0 unspecified atom stereocenters. The lowest BCUT2D eigenvalue weighted by atomic mass is 10.1. The molecule has 0 spiro atoms. The van der Waals surface area contributed by atoms with E-state index in [0.29, 0.717) is 20.9 Å². The zero-order chi connectivity index (χ0) is 11.2. The molecule has 4 heteroatoms. The highest BCUT2D eigenvalue weighted by Gasteiger charge is 2.08. The van der Waals surface area contributed by atoms with Crippen molar-refractivity contribution in [3.63, 3.8) is 0 Å². The summed E-state index contributed by atoms with van der Waals surface area (Å²) >= 11 is 3.07. The number of aromatic amines is 1. The van der Waals surface area contributed by atoms with Gasteiger partial charge >= 0.3 is 0 Å². The molecule has 0 aliphatic carbocycles. The smallest absolute Gasteiger partial charge is 0.192 e. The van der Waals surface area contributed by atoms with E-state index in [9.17, 15) is 9.18 Å². The molecule has 1 heterocycles. The predicted molar refractivity (Wildman–Crippen MR) is 61.7 cm³/mol. The second-order valence-electron chi connectivity index (χ2n) is 3.52. The Bertz CT molecular complexity index is 598. The lowest BCUT2D eigenvalue weighted by Gasteiger charge is -2.04. The molecule has 0 atom stereocenters. The first-order valence-electron chi connectivity index (χ1n) is 4.49. The molecular formula is C11H9BrFNO. The van der Waals surface area contributed by atoms with Gasteiger partial charge in [-0.3, -0.25) is 4.79 Å². The maximum Gasteiger partial charge on any atom is 0.192 e. The molecular weight excluding hydrogens is 261 g/mol. The third-order valence-electron chi connectivity index (χ3n) is 2.53. The lowest BCUT2D eigenvalue weighted by molar-refractivity contribution is 0.622. The average molecular weight is 270 g/mol. The number of rotatable bonds is 0. The molecule has 1 aromatic carbocycles. The monoisotopic (exact) mass is 269 g/mol. The number of aryl methyl sites for hydroxylation is 1. The van der Waals surface area contributed by atoms with Crippen molar-refractivity contribution < 1.29 is 4.39 Å². The van der Waals surface area contributed by atoms with Gasteiger partial charge in [0.1, 0.15) is 5.82 Å². The minimum Gasteiger partial charge on any atom is -0.358 e. The fourth-order valence-corrected chi connectivity index (χ4v) is 1.85. The lowest BCUT2D eigenvalue weighted by Crippen LogP contribution is -2.09. The van der Waals surface area contributed by atoms with Gasteiger partial charge in [0.05, 0.1) is 9.99 Å². The summed E-state index contributed by atoms with van der Waals surface area (Å²) in [6.07, 6.45) is 0. The van der Waals surface area contributed by atoms with Crippen LogP contribution in [0.3, 0.4) is 0 Å². The topological polar surface area (TPSA) is 32.9 Å². The van der Waals surface area contributed by atoms with Crippen LogP contribution in [-0.4, -0.2) is 4.98 Å². The molecule has 2 rings (SSSR count). The van der Waals surface area contributed by atoms with Gasteiger partial charge in [0.15, 0.2) is 5.43 Å². The summed E-state index contributed by atoms with van der Waals surface area (Å²) in [5.74, 6) is -0.374. The third-order valence-corrected chi connectivity index (χ3v) is 3.14. The van der Waals surface area contributed by atoms with Crippen molar-refractivity contribution in [2.45, 2.75) is 13.8 Å². The van der Waals surface area contributed by atoms with Crippen molar-refractivity contribution in [1.29, 1.82) is 0 Å². The van der Waals surface area contributed by atoms with Gasteiger partial charge in [-0.05, 0) is 41.9 Å². The molecule has 1 aromatic heterocycles. The van der Waals surface area contributed by atoms with Crippen LogP contribution >= 0.6 is 15.9 Å². The van der Waals surface area contributed by atoms with Crippen LogP contribution in [0, 0.1) is 19.7 Å². The first-order chi connectivity index (χ1) is 7.00. The number of halogens is 2. The van der Waals surface area contributed by atoms with Crippen molar-refractivity contribution in [2.24, 2.45) is 0 Å². The Kier molecular flexibility index (Phi) is 2.38. The molecule has 0 aliphatic rings. The van der Waals surface area contributed by atoms with Crippen molar-refractivity contribution in [1.82, 2.24) is 4.98 Å². The Labute approximate surface area is 94.3 Å². The van der Waals surface area contributed by atoms with Gasteiger partial charge in [0, 0.05) is 16.6 Å². The highest BCUT2D eigenvalue weighted by molar-refractivity contribution is 9.10. The van der Waals surface area contributed by atoms with Crippen LogP contribution < -0.4 is 5.43 Å². The van der Waals surface area contributed by atoms with Crippen molar-refractivity contribution in [3.8, 4) is 0 Å². The van der Waals surface area contributed by atoms with Crippen molar-refractivity contribution >= 4 is 26.8 Å². The maximum absolute atomic E-state index is 13.2. The number of pyridine rings is 1. The largest absolute Gasteiger partial charge is 0.358 e. The molecule has 2 nitrogen and oxygen atoms in total. The van der Waals surface area contributed by atoms with Gasteiger partial charge in [0.2, 0.25) is 0 Å². The van der Waals surface area contributed by atoms with Crippen LogP contribution in [0.4, 0.5) is 4.39 Å². The van der Waals surface area contributed by atoms with E-state index < -0.39 is 0 Å². The number of fused-ring (bicyclic) bond motifs is 1. The number of hydrogen-bond acceptors (Lipinski definition) is 1. The highest BCUT2D eigenvalue weighted by atomic mass is 79.9. The van der Waals surface area contributed by atoms with Crippen LogP contribution in [0.1, 0.15) is 11.3 Å². The zero-order valence-corrected chi connectivity index (χ0v) is 9.90. The van der Waals surface area contributed by atoms with Crippen LogP contribution in [0.15, 0.2) is 21.4 Å². The van der Waals surface area contributed by atoms with E-state index in [1.54, 1.807) is 13.8 Å². The minimum atomic E-state index is -0.374. The van der Waals surface area contributed by atoms with Crippen LogP contribution in [0.25, 0.3) is 10.9 Å². The normalized spacial score (nSPS) is 10.9. The molecule has 0 amide bonds. The van der Waals surface area contributed by atoms with Gasteiger partial charge < -0.3 is 4.98 Å². The summed E-state index contributed by atoms with van der Waals surface area (Å²) in [6, 6.07) is 2.84. The number of aromatic nitrogens is 1. The van der Waals surface area contributed by atoms with E-state index >= 15 is 0 Å². The summed E-state index contributed by atoms with van der Waals surface area (Å²) in [7, 11) is 0. The first-order valence-corrected chi connectivity index (χ1v) is 5.28. The standard InChI is InChI=1S/C11H9BrFNO/c1-5-6(2)14-10-4-9(13)8(12)3-7(10)11(5)15/h3-4H,1-2H3,(H,14,15). The molecule has 0 saturated heterocycles. The molecule has 0 radical (unpaired) electrons. The van der Waals surface area contributed by atoms with Gasteiger partial charge in [-0.25, -0.2) is 4.39 Å². The molecule has 15 heavy (non-hydrogen) atoms. The van der Waals surface area contributed by atoms with E-state index in [1.165, 1.54) is 12.1 Å². The van der Waals surface area contributed by atoms with Crippen molar-refractivity contribution in [3.05, 3.63) is 43.9 Å². The third kappa shape index (κ3) is 1.59. The van der Waals surface area contributed by atoms with E-state index in [2.05, 4.69) is 20.9 Å². The quantitative estimate of drug-likeness (QED) is 0.784. The predicted octanol–water partition coefficient (Wildman–Crippen LogP) is 3.05. The second kappa shape index (κ2) is 3.45. The van der Waals surface area contributed by atoms with Crippen LogP contribution in [0.2, 0.25) is 0 Å². The van der Waals surface area contributed by atoms with E-state index in [-0.39, 0.29) is 11.2 Å². The number of benzene rings is 1. The van der Waals surface area contributed by atoms with E-state index in [0.717, 1.165) is 5.69 Å². The van der Waals surface area contributed by atoms with Gasteiger partial charge in [-0.15, -0.1) is 0 Å². The van der Waals surface area contributed by atoms with Crippen molar-refractivity contribution in [2.75, 3.05) is 0 Å². The minimum absolute atomic E-state index is 0.0537. The summed E-state index contributed by atoms with van der Waals surface area (Å²) in [5.41, 5.74) is 1.92. The molecule has 0 bridgehead atoms. The number of hydrogen-bond donors (Lipinski definition) is 1. The number of H-pyrrole nitrogens is 1. The maximum atomic E-state index is 13.2. The Morgan fingerprint density at radius 3 is 2.67 bits per heavy atom. The molecule has 78 valence electrons. The molecule has 0 fully saturated rings. The zero-order valence-electron chi connectivity index (χ0n) is 8.32. The Morgan fingerprint density at radius 2 is 2.00 bits per heavy atom. The van der Waals surface area contributed by atoms with Crippen LogP contribution in [-0.2, 0) is 0 Å². The molecule has 0 saturated carbocycles. The Balaban J connectivity index is 3.00. The summed E-state index contributed by atoms with van der Waals surface area (Å²) < 4.78 is 13.6. The van der Waals surface area contributed by atoms with Gasteiger partial charge in [0.25, 0.3) is 0 Å². The number of nitrogens with one attached hydrogen (secondary N) is 1. The average Bonchev–Trinajstić information content (AvgIpc) is 2.19.